The van der Waals surface area contributed by atoms with Crippen molar-refractivity contribution in [3.63, 3.8) is 0 Å². The summed E-state index contributed by atoms with van der Waals surface area (Å²) in [6.45, 7) is 6.12. The van der Waals surface area contributed by atoms with Gasteiger partial charge in [-0.25, -0.2) is 4.98 Å². The number of rotatable bonds is 5. The average molecular weight is 378 g/mol. The van der Waals surface area contributed by atoms with E-state index >= 15 is 0 Å². The fraction of sp³-hybridized carbons (Fsp3) is 0.381. The third kappa shape index (κ3) is 4.10. The molecule has 0 unspecified atom stereocenters. The summed E-state index contributed by atoms with van der Waals surface area (Å²) >= 11 is 1.72. The van der Waals surface area contributed by atoms with Crippen LogP contribution in [0, 0.1) is 24.2 Å². The van der Waals surface area contributed by atoms with Crippen molar-refractivity contribution in [2.75, 3.05) is 25.0 Å². The van der Waals surface area contributed by atoms with E-state index in [1.165, 1.54) is 18.5 Å². The molecule has 2 aromatic heterocycles. The van der Waals surface area contributed by atoms with Crippen LogP contribution in [0.3, 0.4) is 0 Å². The summed E-state index contributed by atoms with van der Waals surface area (Å²) in [5.74, 6) is 0.622. The molecule has 0 amide bonds. The van der Waals surface area contributed by atoms with Crippen molar-refractivity contribution in [2.45, 2.75) is 26.3 Å². The lowest BCUT2D eigenvalue weighted by atomic mass is 9.96. The smallest absolute Gasteiger partial charge is 0.103 e. The van der Waals surface area contributed by atoms with Crippen molar-refractivity contribution in [3.05, 3.63) is 52.1 Å². The minimum Gasteiger partial charge on any atom is -0.383 e. The molecule has 0 aliphatic carbocycles. The quantitative estimate of drug-likeness (QED) is 0.722. The lowest BCUT2D eigenvalue weighted by Crippen LogP contribution is -2.35. The molecule has 0 saturated carbocycles. The van der Waals surface area contributed by atoms with Crippen LogP contribution in [-0.2, 0) is 6.54 Å². The molecular formula is C21H23N5S. The predicted octanol–water partition coefficient (Wildman–Crippen LogP) is 4.20. The lowest BCUT2D eigenvalue weighted by Gasteiger charge is -2.31. The van der Waals surface area contributed by atoms with Crippen molar-refractivity contribution < 1.29 is 0 Å². The number of nitriles is 1. The maximum atomic E-state index is 9.45. The fourth-order valence-corrected chi connectivity index (χ4v) is 4.33. The number of pyridine rings is 1. The molecule has 6 heteroatoms. The topological polar surface area (TPSA) is 64.8 Å². The Hall–Kier alpha value is -2.49. The number of anilines is 1. The first-order valence-corrected chi connectivity index (χ1v) is 10.3. The van der Waals surface area contributed by atoms with E-state index in [0.717, 1.165) is 47.8 Å². The molecule has 1 aliphatic heterocycles. The third-order valence-electron chi connectivity index (χ3n) is 5.22. The Balaban J connectivity index is 1.36. The molecule has 5 nitrogen and oxygen atoms in total. The average Bonchev–Trinajstić information content (AvgIpc) is 3.11. The molecule has 1 aliphatic rings. The summed E-state index contributed by atoms with van der Waals surface area (Å²) in [6.07, 6.45) is 4.01. The van der Waals surface area contributed by atoms with Crippen molar-refractivity contribution >= 4 is 27.9 Å². The zero-order chi connectivity index (χ0) is 18.6. The summed E-state index contributed by atoms with van der Waals surface area (Å²) in [5.41, 5.74) is 3.65. The molecule has 3 heterocycles. The molecule has 27 heavy (non-hydrogen) atoms. The highest BCUT2D eigenvalue weighted by molar-refractivity contribution is 7.09. The Morgan fingerprint density at radius 3 is 2.85 bits per heavy atom. The first kappa shape index (κ1) is 17.9. The number of hydrogen-bond donors (Lipinski definition) is 1. The summed E-state index contributed by atoms with van der Waals surface area (Å²) in [7, 11) is 0. The van der Waals surface area contributed by atoms with E-state index in [1.54, 1.807) is 17.5 Å². The standard InChI is InChI=1S/C21H23N5S/c1-15-25-18(14-27-15)13-26-8-6-16(7-9-26)11-24-21-17(10-22)12-23-20-5-3-2-4-19(20)21/h2-5,12,14,16H,6-9,11,13H2,1H3,(H,23,24). The van der Waals surface area contributed by atoms with Crippen LogP contribution >= 0.6 is 11.3 Å². The fourth-order valence-electron chi connectivity index (χ4n) is 3.72. The van der Waals surface area contributed by atoms with Crippen molar-refractivity contribution in [2.24, 2.45) is 5.92 Å². The Bertz CT molecular complexity index is 966. The van der Waals surface area contributed by atoms with E-state index in [9.17, 15) is 5.26 Å². The molecule has 0 bridgehead atoms. The minimum atomic E-state index is 0.616. The first-order valence-electron chi connectivity index (χ1n) is 9.38. The molecule has 1 N–H and O–H groups in total. The highest BCUT2D eigenvalue weighted by Crippen LogP contribution is 2.27. The number of nitrogens with zero attached hydrogens (tertiary/aromatic N) is 4. The van der Waals surface area contributed by atoms with Gasteiger partial charge >= 0.3 is 0 Å². The van der Waals surface area contributed by atoms with Crippen LogP contribution in [-0.4, -0.2) is 34.5 Å². The molecule has 138 valence electrons. The summed E-state index contributed by atoms with van der Waals surface area (Å²) in [6, 6.07) is 10.3. The summed E-state index contributed by atoms with van der Waals surface area (Å²) in [5, 5.41) is 17.3. The van der Waals surface area contributed by atoms with Gasteiger partial charge in [-0.1, -0.05) is 18.2 Å². The van der Waals surface area contributed by atoms with Gasteiger partial charge in [0.05, 0.1) is 27.5 Å². The van der Waals surface area contributed by atoms with E-state index in [1.807, 2.05) is 24.3 Å². The molecule has 1 fully saturated rings. The number of fused-ring (bicyclic) bond motifs is 1. The number of hydrogen-bond acceptors (Lipinski definition) is 6. The summed E-state index contributed by atoms with van der Waals surface area (Å²) < 4.78 is 0. The van der Waals surface area contributed by atoms with Crippen molar-refractivity contribution in [3.8, 4) is 6.07 Å². The second kappa shape index (κ2) is 8.03. The molecule has 0 atom stereocenters. The number of nitrogens with one attached hydrogen (secondary N) is 1. The van der Waals surface area contributed by atoms with Crippen LogP contribution in [0.25, 0.3) is 10.9 Å². The Morgan fingerprint density at radius 2 is 2.11 bits per heavy atom. The normalized spacial score (nSPS) is 15.7. The summed E-state index contributed by atoms with van der Waals surface area (Å²) in [4.78, 5) is 11.5. The Labute approximate surface area is 163 Å². The van der Waals surface area contributed by atoms with Gasteiger partial charge in [0.1, 0.15) is 6.07 Å². The number of piperidine rings is 1. The molecule has 0 radical (unpaired) electrons. The minimum absolute atomic E-state index is 0.616. The number of aromatic nitrogens is 2. The van der Waals surface area contributed by atoms with Gasteiger partial charge in [-0.15, -0.1) is 11.3 Å². The van der Waals surface area contributed by atoms with Crippen molar-refractivity contribution in [1.29, 1.82) is 5.26 Å². The molecule has 0 spiro atoms. The molecule has 1 aromatic carbocycles. The molecule has 1 saturated heterocycles. The first-order chi connectivity index (χ1) is 13.2. The van der Waals surface area contributed by atoms with Crippen LogP contribution in [0.2, 0.25) is 0 Å². The van der Waals surface area contributed by atoms with Crippen molar-refractivity contribution in [1.82, 2.24) is 14.9 Å². The number of aryl methyl sites for hydroxylation is 1. The maximum absolute atomic E-state index is 9.45. The Kier molecular flexibility index (Phi) is 5.33. The zero-order valence-corrected chi connectivity index (χ0v) is 16.3. The van der Waals surface area contributed by atoms with E-state index in [2.05, 4.69) is 38.6 Å². The molecule has 4 rings (SSSR count). The van der Waals surface area contributed by atoms with Gasteiger partial charge in [-0.2, -0.15) is 5.26 Å². The van der Waals surface area contributed by atoms with Gasteiger partial charge < -0.3 is 5.32 Å². The van der Waals surface area contributed by atoms with Crippen LogP contribution in [0.4, 0.5) is 5.69 Å². The van der Waals surface area contributed by atoms with Gasteiger partial charge in [0.25, 0.3) is 0 Å². The third-order valence-corrected chi connectivity index (χ3v) is 6.05. The van der Waals surface area contributed by atoms with E-state index < -0.39 is 0 Å². The highest BCUT2D eigenvalue weighted by atomic mass is 32.1. The second-order valence-corrected chi connectivity index (χ2v) is 8.20. The second-order valence-electron chi connectivity index (χ2n) is 7.13. The van der Waals surface area contributed by atoms with Gasteiger partial charge in [-0.05, 0) is 44.8 Å². The van der Waals surface area contributed by atoms with Gasteiger partial charge in [0.2, 0.25) is 0 Å². The number of likely N-dealkylation sites (tertiary alicyclic amines) is 1. The van der Waals surface area contributed by atoms with Gasteiger partial charge in [-0.3, -0.25) is 9.88 Å². The van der Waals surface area contributed by atoms with Gasteiger partial charge in [0.15, 0.2) is 0 Å². The van der Waals surface area contributed by atoms with Crippen LogP contribution in [0.1, 0.15) is 29.1 Å². The maximum Gasteiger partial charge on any atom is 0.103 e. The monoisotopic (exact) mass is 377 g/mol. The number of thiazole rings is 1. The highest BCUT2D eigenvalue weighted by Gasteiger charge is 2.20. The van der Waals surface area contributed by atoms with Crippen LogP contribution in [0.15, 0.2) is 35.8 Å². The lowest BCUT2D eigenvalue weighted by molar-refractivity contribution is 0.181. The zero-order valence-electron chi connectivity index (χ0n) is 15.5. The van der Waals surface area contributed by atoms with E-state index in [0.29, 0.717) is 11.5 Å². The van der Waals surface area contributed by atoms with Crippen LogP contribution in [0.5, 0.6) is 0 Å². The molecule has 3 aromatic rings. The number of para-hydroxylation sites is 1. The predicted molar refractivity (Wildman–Crippen MR) is 110 cm³/mol. The van der Waals surface area contributed by atoms with Crippen LogP contribution < -0.4 is 5.32 Å². The van der Waals surface area contributed by atoms with Gasteiger partial charge in [0, 0.05) is 30.1 Å². The largest absolute Gasteiger partial charge is 0.383 e. The van der Waals surface area contributed by atoms with E-state index in [4.69, 9.17) is 0 Å². The SMILES string of the molecule is Cc1nc(CN2CCC(CNc3c(C#N)cnc4ccccc34)CC2)cs1. The van der Waals surface area contributed by atoms with E-state index in [-0.39, 0.29) is 0 Å². The molecular weight excluding hydrogens is 354 g/mol. The number of benzene rings is 1. The Morgan fingerprint density at radius 1 is 1.30 bits per heavy atom.